The van der Waals surface area contributed by atoms with E-state index >= 15 is 0 Å². The fourth-order valence-corrected chi connectivity index (χ4v) is 3.42. The highest BCUT2D eigenvalue weighted by molar-refractivity contribution is 5.76. The Hall–Kier alpha value is -1.79. The minimum absolute atomic E-state index is 0.0769. The van der Waals surface area contributed by atoms with Gasteiger partial charge in [-0.25, -0.2) is 0 Å². The van der Waals surface area contributed by atoms with Crippen LogP contribution in [0.25, 0.3) is 0 Å². The molecule has 1 N–H and O–H groups in total. The lowest BCUT2D eigenvalue weighted by Crippen LogP contribution is -2.42. The Morgan fingerprint density at radius 2 is 2.12 bits per heavy atom. The van der Waals surface area contributed by atoms with Gasteiger partial charge in [-0.1, -0.05) is 12.5 Å². The fourth-order valence-electron chi connectivity index (χ4n) is 3.42. The Morgan fingerprint density at radius 1 is 1.28 bits per heavy atom. The molecule has 138 valence electrons. The predicted molar refractivity (Wildman–Crippen MR) is 95.0 cm³/mol. The van der Waals surface area contributed by atoms with E-state index in [1.165, 1.54) is 5.56 Å². The molecule has 2 aliphatic heterocycles. The Bertz CT molecular complexity index is 579. The van der Waals surface area contributed by atoms with Gasteiger partial charge in [0.25, 0.3) is 0 Å². The summed E-state index contributed by atoms with van der Waals surface area (Å²) in [4.78, 5) is 14.4. The highest BCUT2D eigenvalue weighted by atomic mass is 16.6. The number of methoxy groups -OCH3 is 1. The van der Waals surface area contributed by atoms with Crippen LogP contribution in [-0.2, 0) is 16.1 Å². The van der Waals surface area contributed by atoms with Crippen molar-refractivity contribution in [2.24, 2.45) is 0 Å². The third kappa shape index (κ3) is 5.34. The Morgan fingerprint density at radius 3 is 2.96 bits per heavy atom. The molecule has 6 heteroatoms. The van der Waals surface area contributed by atoms with Crippen LogP contribution >= 0.6 is 0 Å². The second kappa shape index (κ2) is 9.06. The van der Waals surface area contributed by atoms with Crippen molar-refractivity contribution < 1.29 is 19.0 Å². The number of carbonyl (C=O) groups is 1. The van der Waals surface area contributed by atoms with Crippen LogP contribution in [0.4, 0.5) is 0 Å². The molecule has 1 aromatic rings. The Balaban J connectivity index is 1.56. The van der Waals surface area contributed by atoms with Crippen molar-refractivity contribution in [1.29, 1.82) is 0 Å². The SMILES string of the molecule is COCCC(=O)NC1CCCCN(Cc2ccc3c(c2)OCCO3)C1. The molecule has 1 unspecified atom stereocenters. The molecule has 1 aromatic carbocycles. The largest absolute Gasteiger partial charge is 0.486 e. The van der Waals surface area contributed by atoms with Crippen LogP contribution in [0.1, 0.15) is 31.2 Å². The minimum atomic E-state index is 0.0769. The number of rotatable bonds is 6. The second-order valence-electron chi connectivity index (χ2n) is 6.72. The van der Waals surface area contributed by atoms with Gasteiger partial charge in [0.05, 0.1) is 6.61 Å². The lowest BCUT2D eigenvalue weighted by molar-refractivity contribution is -0.122. The van der Waals surface area contributed by atoms with Gasteiger partial charge >= 0.3 is 0 Å². The first kappa shape index (κ1) is 18.0. The van der Waals surface area contributed by atoms with Crippen molar-refractivity contribution in [1.82, 2.24) is 10.2 Å². The van der Waals surface area contributed by atoms with Crippen molar-refractivity contribution >= 4 is 5.91 Å². The average Bonchev–Trinajstić information content (AvgIpc) is 2.84. The molecule has 1 atom stereocenters. The molecule has 0 aliphatic carbocycles. The molecule has 25 heavy (non-hydrogen) atoms. The quantitative estimate of drug-likeness (QED) is 0.852. The van der Waals surface area contributed by atoms with E-state index < -0.39 is 0 Å². The van der Waals surface area contributed by atoms with Gasteiger partial charge in [-0.15, -0.1) is 0 Å². The van der Waals surface area contributed by atoms with E-state index in [0.717, 1.165) is 50.4 Å². The molecule has 1 saturated heterocycles. The topological polar surface area (TPSA) is 60.0 Å². The van der Waals surface area contributed by atoms with E-state index in [-0.39, 0.29) is 11.9 Å². The third-order valence-electron chi connectivity index (χ3n) is 4.67. The van der Waals surface area contributed by atoms with Crippen LogP contribution in [-0.4, -0.2) is 56.9 Å². The first-order valence-electron chi connectivity index (χ1n) is 9.14. The normalized spacial score (nSPS) is 20.8. The zero-order valence-electron chi connectivity index (χ0n) is 15.0. The Kier molecular flexibility index (Phi) is 6.53. The summed E-state index contributed by atoms with van der Waals surface area (Å²) >= 11 is 0. The van der Waals surface area contributed by atoms with E-state index in [2.05, 4.69) is 22.3 Å². The zero-order valence-corrected chi connectivity index (χ0v) is 15.0. The Labute approximate surface area is 149 Å². The molecule has 1 fully saturated rings. The lowest BCUT2D eigenvalue weighted by Gasteiger charge is -2.26. The molecule has 2 heterocycles. The second-order valence-corrected chi connectivity index (χ2v) is 6.72. The number of nitrogens with one attached hydrogen (secondary N) is 1. The average molecular weight is 348 g/mol. The first-order valence-corrected chi connectivity index (χ1v) is 9.14. The molecule has 0 saturated carbocycles. The monoisotopic (exact) mass is 348 g/mol. The maximum absolute atomic E-state index is 12.0. The molecular formula is C19H28N2O4. The summed E-state index contributed by atoms with van der Waals surface area (Å²) in [6.45, 7) is 4.49. The highest BCUT2D eigenvalue weighted by Gasteiger charge is 2.20. The lowest BCUT2D eigenvalue weighted by atomic mass is 10.1. The molecule has 0 spiro atoms. The predicted octanol–water partition coefficient (Wildman–Crippen LogP) is 1.96. The fraction of sp³-hybridized carbons (Fsp3) is 0.632. The van der Waals surface area contributed by atoms with E-state index in [0.29, 0.717) is 26.2 Å². The molecule has 1 amide bonds. The summed E-state index contributed by atoms with van der Waals surface area (Å²) in [5.41, 5.74) is 1.22. The smallest absolute Gasteiger partial charge is 0.222 e. The maximum Gasteiger partial charge on any atom is 0.222 e. The first-order chi connectivity index (χ1) is 12.2. The number of hydrogen-bond acceptors (Lipinski definition) is 5. The van der Waals surface area contributed by atoms with Gasteiger partial charge in [0.1, 0.15) is 13.2 Å². The summed E-state index contributed by atoms with van der Waals surface area (Å²) in [5, 5.41) is 3.15. The number of amides is 1. The minimum Gasteiger partial charge on any atom is -0.486 e. The number of carbonyl (C=O) groups excluding carboxylic acids is 1. The van der Waals surface area contributed by atoms with Gasteiger partial charge in [0.15, 0.2) is 11.5 Å². The highest BCUT2D eigenvalue weighted by Crippen LogP contribution is 2.31. The van der Waals surface area contributed by atoms with Gasteiger partial charge in [0.2, 0.25) is 5.91 Å². The summed E-state index contributed by atoms with van der Waals surface area (Å²) < 4.78 is 16.2. The van der Waals surface area contributed by atoms with Gasteiger partial charge in [-0.05, 0) is 37.1 Å². The van der Waals surface area contributed by atoms with Crippen molar-refractivity contribution in [2.45, 2.75) is 38.3 Å². The van der Waals surface area contributed by atoms with Gasteiger partial charge in [0, 0.05) is 32.7 Å². The maximum atomic E-state index is 12.0. The summed E-state index contributed by atoms with van der Waals surface area (Å²) in [6.07, 6.45) is 3.77. The molecule has 0 bridgehead atoms. The number of benzene rings is 1. The number of likely N-dealkylation sites (tertiary alicyclic amines) is 1. The number of ether oxygens (including phenoxy) is 3. The van der Waals surface area contributed by atoms with Gasteiger partial charge in [-0.2, -0.15) is 0 Å². The van der Waals surface area contributed by atoms with Crippen molar-refractivity contribution in [3.8, 4) is 11.5 Å². The standard InChI is InChI=1S/C19H28N2O4/c1-23-9-7-19(22)20-16-4-2-3-8-21(14-16)13-15-5-6-17-18(12-15)25-11-10-24-17/h5-6,12,16H,2-4,7-11,13-14H2,1H3,(H,20,22). The summed E-state index contributed by atoms with van der Waals surface area (Å²) in [6, 6.07) is 6.38. The van der Waals surface area contributed by atoms with E-state index in [4.69, 9.17) is 14.2 Å². The third-order valence-corrected chi connectivity index (χ3v) is 4.67. The van der Waals surface area contributed by atoms with Gasteiger partial charge < -0.3 is 19.5 Å². The zero-order chi connectivity index (χ0) is 17.5. The van der Waals surface area contributed by atoms with Crippen LogP contribution < -0.4 is 14.8 Å². The number of fused-ring (bicyclic) bond motifs is 1. The van der Waals surface area contributed by atoms with Crippen molar-refractivity contribution in [3.63, 3.8) is 0 Å². The number of hydrogen-bond donors (Lipinski definition) is 1. The molecule has 3 rings (SSSR count). The van der Waals surface area contributed by atoms with Crippen LogP contribution in [0.2, 0.25) is 0 Å². The molecule has 2 aliphatic rings. The van der Waals surface area contributed by atoms with Crippen molar-refractivity contribution in [2.75, 3.05) is 40.0 Å². The van der Waals surface area contributed by atoms with E-state index in [9.17, 15) is 4.79 Å². The van der Waals surface area contributed by atoms with Crippen LogP contribution in [0.15, 0.2) is 18.2 Å². The van der Waals surface area contributed by atoms with Crippen LogP contribution in [0.5, 0.6) is 11.5 Å². The molecular weight excluding hydrogens is 320 g/mol. The molecule has 0 aromatic heterocycles. The van der Waals surface area contributed by atoms with Gasteiger partial charge in [-0.3, -0.25) is 9.69 Å². The summed E-state index contributed by atoms with van der Waals surface area (Å²) in [5.74, 6) is 1.74. The number of nitrogens with zero attached hydrogens (tertiary/aromatic N) is 1. The van der Waals surface area contributed by atoms with E-state index in [1.807, 2.05) is 6.07 Å². The van der Waals surface area contributed by atoms with Crippen molar-refractivity contribution in [3.05, 3.63) is 23.8 Å². The van der Waals surface area contributed by atoms with Crippen LogP contribution in [0.3, 0.4) is 0 Å². The molecule has 6 nitrogen and oxygen atoms in total. The summed E-state index contributed by atoms with van der Waals surface area (Å²) in [7, 11) is 1.62. The van der Waals surface area contributed by atoms with Crippen LogP contribution in [0, 0.1) is 0 Å². The van der Waals surface area contributed by atoms with E-state index in [1.54, 1.807) is 7.11 Å². The molecule has 0 radical (unpaired) electrons.